The van der Waals surface area contributed by atoms with E-state index in [1.165, 1.54) is 0 Å². The monoisotopic (exact) mass is 264 g/mol. The number of aliphatic hydroxyl groups excluding tert-OH is 3. The molecule has 0 radical (unpaired) electrons. The van der Waals surface area contributed by atoms with Crippen LogP contribution in [0.5, 0.6) is 0 Å². The van der Waals surface area contributed by atoms with Crippen molar-refractivity contribution in [2.45, 2.75) is 24.3 Å². The number of fused-ring (bicyclic) bond motifs is 1. The Hall–Kier alpha value is -1.63. The van der Waals surface area contributed by atoms with E-state index < -0.39 is 18.2 Å². The van der Waals surface area contributed by atoms with Crippen molar-refractivity contribution in [3.63, 3.8) is 0 Å². The van der Waals surface area contributed by atoms with Gasteiger partial charge in [-0.15, -0.1) is 0 Å². The summed E-state index contributed by atoms with van der Waals surface area (Å²) in [6.07, 6.45) is -1.92. The zero-order valence-electron chi connectivity index (χ0n) is 10.3. The van der Waals surface area contributed by atoms with Gasteiger partial charge in [0.1, 0.15) is 18.8 Å². The molecule has 1 aromatic carbocycles. The number of amidine groups is 1. The summed E-state index contributed by atoms with van der Waals surface area (Å²) in [5.74, 6) is 0. The van der Waals surface area contributed by atoms with E-state index in [-0.39, 0.29) is 19.3 Å². The van der Waals surface area contributed by atoms with E-state index in [1.54, 1.807) is 4.90 Å². The van der Waals surface area contributed by atoms with E-state index >= 15 is 0 Å². The number of hydrogen-bond acceptors (Lipinski definition) is 5. The Morgan fingerprint density at radius 1 is 1.21 bits per heavy atom. The van der Waals surface area contributed by atoms with Crippen LogP contribution in [0.3, 0.4) is 0 Å². The van der Waals surface area contributed by atoms with Gasteiger partial charge in [0, 0.05) is 0 Å². The number of para-hydroxylation sites is 1. The van der Waals surface area contributed by atoms with Gasteiger partial charge in [-0.05, 0) is 12.1 Å². The minimum Gasteiger partial charge on any atom is -0.463 e. The van der Waals surface area contributed by atoms with E-state index in [4.69, 9.17) is 4.74 Å². The number of aliphatic hydroxyl groups is 3. The predicted molar refractivity (Wildman–Crippen MR) is 68.0 cm³/mol. The fraction of sp³-hybridized carbons (Fsp3) is 0.462. The maximum Gasteiger partial charge on any atom is 0.293 e. The van der Waals surface area contributed by atoms with E-state index in [2.05, 4.69) is 4.99 Å². The van der Waals surface area contributed by atoms with Crippen molar-refractivity contribution in [3.05, 3.63) is 30.3 Å². The van der Waals surface area contributed by atoms with E-state index in [0.29, 0.717) is 6.02 Å². The van der Waals surface area contributed by atoms with Crippen molar-refractivity contribution in [3.8, 4) is 0 Å². The Labute approximate surface area is 110 Å². The van der Waals surface area contributed by atoms with Crippen molar-refractivity contribution in [1.29, 1.82) is 0 Å². The molecule has 3 rings (SSSR count). The van der Waals surface area contributed by atoms with Crippen molar-refractivity contribution in [1.82, 2.24) is 4.90 Å². The van der Waals surface area contributed by atoms with Crippen LogP contribution in [0.25, 0.3) is 0 Å². The Balaban J connectivity index is 1.91. The molecule has 0 saturated carbocycles. The molecule has 0 aromatic heterocycles. The lowest BCUT2D eigenvalue weighted by molar-refractivity contribution is 0.0119. The summed E-state index contributed by atoms with van der Waals surface area (Å²) in [4.78, 5) is 6.02. The molecule has 0 aliphatic carbocycles. The van der Waals surface area contributed by atoms with Gasteiger partial charge in [0.2, 0.25) is 0 Å². The van der Waals surface area contributed by atoms with Gasteiger partial charge < -0.3 is 25.0 Å². The summed E-state index contributed by atoms with van der Waals surface area (Å²) in [5, 5.41) is 29.2. The standard InChI is InChI=1S/C13H16N2O4/c16-6-9-11(17)12(18)10-7-19-13(15(9)10)14-8-4-2-1-3-5-8/h1-5,9-12,16-18H,6-7H2/t9-,10-,11-,12-/m1/s1. The van der Waals surface area contributed by atoms with Crippen molar-refractivity contribution in [2.24, 2.45) is 4.99 Å². The van der Waals surface area contributed by atoms with E-state index in [0.717, 1.165) is 5.69 Å². The lowest BCUT2D eigenvalue weighted by Gasteiger charge is -2.22. The lowest BCUT2D eigenvalue weighted by Crippen LogP contribution is -2.41. The summed E-state index contributed by atoms with van der Waals surface area (Å²) in [5.41, 5.74) is 0.728. The molecule has 6 heteroatoms. The van der Waals surface area contributed by atoms with Gasteiger partial charge in [-0.1, -0.05) is 18.2 Å². The highest BCUT2D eigenvalue weighted by molar-refractivity contribution is 5.80. The molecule has 0 spiro atoms. The Morgan fingerprint density at radius 3 is 2.63 bits per heavy atom. The highest BCUT2D eigenvalue weighted by Gasteiger charge is 2.53. The van der Waals surface area contributed by atoms with Crippen LogP contribution >= 0.6 is 0 Å². The molecule has 2 fully saturated rings. The van der Waals surface area contributed by atoms with Crippen molar-refractivity contribution >= 4 is 11.7 Å². The number of ether oxygens (including phenoxy) is 1. The van der Waals surface area contributed by atoms with Crippen LogP contribution in [0.15, 0.2) is 35.3 Å². The zero-order chi connectivity index (χ0) is 13.4. The first-order chi connectivity index (χ1) is 9.22. The first-order valence-electron chi connectivity index (χ1n) is 6.24. The molecule has 4 atom stereocenters. The van der Waals surface area contributed by atoms with Crippen molar-refractivity contribution < 1.29 is 20.1 Å². The van der Waals surface area contributed by atoms with Gasteiger partial charge in [0.15, 0.2) is 0 Å². The van der Waals surface area contributed by atoms with Crippen LogP contribution in [0, 0.1) is 0 Å². The molecule has 2 aliphatic heterocycles. The minimum atomic E-state index is -0.986. The minimum absolute atomic E-state index is 0.258. The van der Waals surface area contributed by atoms with Gasteiger partial charge in [-0.25, -0.2) is 0 Å². The summed E-state index contributed by atoms with van der Waals surface area (Å²) >= 11 is 0. The molecule has 19 heavy (non-hydrogen) atoms. The van der Waals surface area contributed by atoms with Crippen LogP contribution in [0.4, 0.5) is 5.69 Å². The molecule has 0 bridgehead atoms. The number of nitrogens with zero attached hydrogens (tertiary/aromatic N) is 2. The SMILES string of the molecule is OC[C@@H]1[C@@H](O)[C@H](O)[C@H]2COC(=Nc3ccccc3)N12. The average molecular weight is 264 g/mol. The second-order valence-electron chi connectivity index (χ2n) is 4.75. The van der Waals surface area contributed by atoms with Crippen molar-refractivity contribution in [2.75, 3.05) is 13.2 Å². The molecule has 6 nitrogen and oxygen atoms in total. The molecular weight excluding hydrogens is 248 g/mol. The predicted octanol–water partition coefficient (Wildman–Crippen LogP) is -0.529. The summed E-state index contributed by atoms with van der Waals surface area (Å²) in [6.45, 7) is 0.00624. The normalized spacial score (nSPS) is 35.5. The first-order valence-corrected chi connectivity index (χ1v) is 6.24. The third-order valence-electron chi connectivity index (χ3n) is 3.63. The summed E-state index contributed by atoms with van der Waals surface area (Å²) in [7, 11) is 0. The molecular formula is C13H16N2O4. The van der Waals surface area contributed by atoms with Crippen LogP contribution < -0.4 is 0 Å². The van der Waals surface area contributed by atoms with Crippen LogP contribution in [-0.2, 0) is 4.74 Å². The molecule has 102 valence electrons. The molecule has 0 unspecified atom stereocenters. The van der Waals surface area contributed by atoms with Crippen LogP contribution in [0.1, 0.15) is 0 Å². The van der Waals surface area contributed by atoms with Gasteiger partial charge in [-0.3, -0.25) is 0 Å². The van der Waals surface area contributed by atoms with E-state index in [9.17, 15) is 15.3 Å². The third kappa shape index (κ3) is 1.98. The highest BCUT2D eigenvalue weighted by atomic mass is 16.5. The highest BCUT2D eigenvalue weighted by Crippen LogP contribution is 2.31. The van der Waals surface area contributed by atoms with Crippen LogP contribution in [0.2, 0.25) is 0 Å². The average Bonchev–Trinajstić information content (AvgIpc) is 2.93. The number of rotatable bonds is 2. The zero-order valence-corrected chi connectivity index (χ0v) is 10.3. The summed E-state index contributed by atoms with van der Waals surface area (Å²) < 4.78 is 5.47. The van der Waals surface area contributed by atoms with Crippen LogP contribution in [-0.4, -0.2) is 63.7 Å². The fourth-order valence-electron chi connectivity index (χ4n) is 2.63. The smallest absolute Gasteiger partial charge is 0.293 e. The number of benzene rings is 1. The largest absolute Gasteiger partial charge is 0.463 e. The number of hydrogen-bond donors (Lipinski definition) is 3. The topological polar surface area (TPSA) is 85.5 Å². The molecule has 3 N–H and O–H groups in total. The molecule has 1 aromatic rings. The Morgan fingerprint density at radius 2 is 1.95 bits per heavy atom. The lowest BCUT2D eigenvalue weighted by atomic mass is 10.1. The Kier molecular flexibility index (Phi) is 3.14. The van der Waals surface area contributed by atoms with Gasteiger partial charge in [0.05, 0.1) is 24.4 Å². The van der Waals surface area contributed by atoms with Gasteiger partial charge in [0.25, 0.3) is 6.02 Å². The first kappa shape index (κ1) is 12.4. The second kappa shape index (κ2) is 4.80. The molecule has 2 aliphatic rings. The Bertz CT molecular complexity index is 477. The second-order valence-corrected chi connectivity index (χ2v) is 4.75. The van der Waals surface area contributed by atoms with Gasteiger partial charge in [-0.2, -0.15) is 4.99 Å². The molecule has 2 heterocycles. The quantitative estimate of drug-likeness (QED) is 0.668. The molecule has 0 amide bonds. The van der Waals surface area contributed by atoms with Gasteiger partial charge >= 0.3 is 0 Å². The molecule has 2 saturated heterocycles. The maximum atomic E-state index is 9.92. The summed E-state index contributed by atoms with van der Waals surface area (Å²) in [6, 6.07) is 8.69. The third-order valence-corrected chi connectivity index (χ3v) is 3.63. The fourth-order valence-corrected chi connectivity index (χ4v) is 2.63. The number of aliphatic imine (C=N–C) groups is 1. The van der Waals surface area contributed by atoms with E-state index in [1.807, 2.05) is 30.3 Å². The maximum absolute atomic E-state index is 9.92.